The van der Waals surface area contributed by atoms with Crippen LogP contribution in [0, 0.1) is 17.0 Å². The van der Waals surface area contributed by atoms with Crippen LogP contribution < -0.4 is 4.57 Å². The third-order valence-electron chi connectivity index (χ3n) is 2.99. The fourth-order valence-electron chi connectivity index (χ4n) is 1.84. The lowest BCUT2D eigenvalue weighted by Gasteiger charge is -1.98. The van der Waals surface area contributed by atoms with Crippen LogP contribution in [0.25, 0.3) is 12.2 Å². The highest BCUT2D eigenvalue weighted by atomic mass is 16.6. The third kappa shape index (κ3) is 3.00. The van der Waals surface area contributed by atoms with Crippen molar-refractivity contribution < 1.29 is 14.6 Å². The zero-order valence-corrected chi connectivity index (χ0v) is 11.3. The van der Waals surface area contributed by atoms with E-state index in [0.717, 1.165) is 11.3 Å². The van der Waals surface area contributed by atoms with Gasteiger partial charge in [-0.05, 0) is 30.2 Å². The Morgan fingerprint density at radius 3 is 2.70 bits per heavy atom. The maximum Gasteiger partial charge on any atom is 0.311 e. The molecule has 5 heteroatoms. The SMILES string of the molecule is Cc1cc[n+](C)c(/C=C/c2ccc(O)c([N+](=O)[O-])c2)c1. The largest absolute Gasteiger partial charge is 0.502 e. The van der Waals surface area contributed by atoms with Gasteiger partial charge in [0.1, 0.15) is 7.05 Å². The lowest BCUT2D eigenvalue weighted by atomic mass is 10.1. The van der Waals surface area contributed by atoms with Crippen molar-refractivity contribution in [3.63, 3.8) is 0 Å². The quantitative estimate of drug-likeness (QED) is 0.530. The summed E-state index contributed by atoms with van der Waals surface area (Å²) >= 11 is 0. The summed E-state index contributed by atoms with van der Waals surface area (Å²) in [5, 5.41) is 20.2. The van der Waals surface area contributed by atoms with Crippen LogP contribution in [0.3, 0.4) is 0 Å². The number of hydrogen-bond donors (Lipinski definition) is 1. The standard InChI is InChI=1S/C15H14N2O3/c1-11-7-8-16(2)13(9-11)5-3-12-4-6-15(18)14(10-12)17(19)20/h3-10H,1-2H3/p+1. The summed E-state index contributed by atoms with van der Waals surface area (Å²) < 4.78 is 1.96. The molecule has 102 valence electrons. The molecule has 0 aliphatic heterocycles. The Balaban J connectivity index is 2.34. The Morgan fingerprint density at radius 1 is 1.25 bits per heavy atom. The van der Waals surface area contributed by atoms with Crippen molar-refractivity contribution in [1.29, 1.82) is 0 Å². The van der Waals surface area contributed by atoms with Crippen LogP contribution in [-0.2, 0) is 7.05 Å². The lowest BCUT2D eigenvalue weighted by Crippen LogP contribution is -2.30. The van der Waals surface area contributed by atoms with Crippen LogP contribution in [0.15, 0.2) is 36.5 Å². The first-order valence-corrected chi connectivity index (χ1v) is 6.09. The van der Waals surface area contributed by atoms with Crippen LogP contribution in [0.4, 0.5) is 5.69 Å². The molecule has 0 aliphatic rings. The number of nitro groups is 1. The van der Waals surface area contributed by atoms with Gasteiger partial charge in [-0.3, -0.25) is 10.1 Å². The lowest BCUT2D eigenvalue weighted by molar-refractivity contribution is -0.673. The van der Waals surface area contributed by atoms with E-state index >= 15 is 0 Å². The van der Waals surface area contributed by atoms with Gasteiger partial charge in [-0.15, -0.1) is 0 Å². The number of phenolic OH excluding ortho intramolecular Hbond substituents is 1. The summed E-state index contributed by atoms with van der Waals surface area (Å²) in [6.45, 7) is 2.00. The van der Waals surface area contributed by atoms with Crippen LogP contribution in [0.5, 0.6) is 5.75 Å². The monoisotopic (exact) mass is 271 g/mol. The Morgan fingerprint density at radius 2 is 2.00 bits per heavy atom. The molecule has 2 rings (SSSR count). The van der Waals surface area contributed by atoms with Gasteiger partial charge in [0, 0.05) is 24.3 Å². The highest BCUT2D eigenvalue weighted by Crippen LogP contribution is 2.26. The van der Waals surface area contributed by atoms with Crippen LogP contribution in [0.1, 0.15) is 16.8 Å². The van der Waals surface area contributed by atoms with Gasteiger partial charge < -0.3 is 5.11 Å². The van der Waals surface area contributed by atoms with Gasteiger partial charge in [-0.25, -0.2) is 4.57 Å². The Bertz CT molecular complexity index is 694. The average Bonchev–Trinajstić information content (AvgIpc) is 2.41. The number of aromatic hydroxyl groups is 1. The first kappa shape index (κ1) is 13.7. The second-order valence-corrected chi connectivity index (χ2v) is 4.58. The van der Waals surface area contributed by atoms with Gasteiger partial charge in [0.25, 0.3) is 0 Å². The van der Waals surface area contributed by atoms with E-state index in [0.29, 0.717) is 5.56 Å². The molecule has 2 aromatic rings. The summed E-state index contributed by atoms with van der Waals surface area (Å²) in [5.74, 6) is -0.326. The molecule has 0 saturated heterocycles. The smallest absolute Gasteiger partial charge is 0.311 e. The molecule has 0 unspecified atom stereocenters. The molecule has 0 amide bonds. The number of benzene rings is 1. The highest BCUT2D eigenvalue weighted by Gasteiger charge is 2.12. The van der Waals surface area contributed by atoms with Crippen molar-refractivity contribution in [1.82, 2.24) is 0 Å². The minimum atomic E-state index is -0.598. The van der Waals surface area contributed by atoms with E-state index < -0.39 is 4.92 Å². The number of nitro benzene ring substituents is 1. The van der Waals surface area contributed by atoms with Crippen molar-refractivity contribution in [3.05, 3.63) is 63.5 Å². The van der Waals surface area contributed by atoms with E-state index in [9.17, 15) is 15.2 Å². The van der Waals surface area contributed by atoms with Crippen molar-refractivity contribution in [2.24, 2.45) is 7.05 Å². The minimum Gasteiger partial charge on any atom is -0.502 e. The topological polar surface area (TPSA) is 67.2 Å². The van der Waals surface area contributed by atoms with Crippen molar-refractivity contribution >= 4 is 17.8 Å². The zero-order valence-electron chi connectivity index (χ0n) is 11.3. The molecular formula is C15H15N2O3+. The molecule has 0 aliphatic carbocycles. The number of phenols is 1. The van der Waals surface area contributed by atoms with Crippen molar-refractivity contribution in [3.8, 4) is 5.75 Å². The second-order valence-electron chi connectivity index (χ2n) is 4.58. The summed E-state index contributed by atoms with van der Waals surface area (Å²) in [4.78, 5) is 10.2. The van der Waals surface area contributed by atoms with Crippen LogP contribution >= 0.6 is 0 Å². The van der Waals surface area contributed by atoms with E-state index in [4.69, 9.17) is 0 Å². The van der Waals surface area contributed by atoms with Gasteiger partial charge in [-0.2, -0.15) is 0 Å². The van der Waals surface area contributed by atoms with Gasteiger partial charge in [-0.1, -0.05) is 6.07 Å². The Hall–Kier alpha value is -2.69. The molecule has 1 heterocycles. The molecule has 0 bridgehead atoms. The predicted molar refractivity (Wildman–Crippen MR) is 76.0 cm³/mol. The number of aryl methyl sites for hydroxylation is 2. The summed E-state index contributed by atoms with van der Waals surface area (Å²) in [5.41, 5.74) is 2.50. The molecule has 1 aromatic heterocycles. The van der Waals surface area contributed by atoms with Crippen molar-refractivity contribution in [2.75, 3.05) is 0 Å². The molecule has 0 fully saturated rings. The highest BCUT2D eigenvalue weighted by molar-refractivity contribution is 5.69. The molecule has 5 nitrogen and oxygen atoms in total. The average molecular weight is 271 g/mol. The van der Waals surface area contributed by atoms with Gasteiger partial charge in [0.15, 0.2) is 11.9 Å². The first-order valence-electron chi connectivity index (χ1n) is 6.09. The number of aromatic nitrogens is 1. The number of hydrogen-bond acceptors (Lipinski definition) is 3. The van der Waals surface area contributed by atoms with E-state index in [2.05, 4.69) is 0 Å². The fraction of sp³-hybridized carbons (Fsp3) is 0.133. The molecule has 20 heavy (non-hydrogen) atoms. The number of nitrogens with zero attached hydrogens (tertiary/aromatic N) is 2. The van der Waals surface area contributed by atoms with Crippen molar-refractivity contribution in [2.45, 2.75) is 6.92 Å². The molecule has 1 N–H and O–H groups in total. The van der Waals surface area contributed by atoms with Gasteiger partial charge in [0.05, 0.1) is 4.92 Å². The molecule has 1 aromatic carbocycles. The van der Waals surface area contributed by atoms with Gasteiger partial charge in [0.2, 0.25) is 5.69 Å². The van der Waals surface area contributed by atoms with Gasteiger partial charge >= 0.3 is 5.69 Å². The number of pyridine rings is 1. The van der Waals surface area contributed by atoms with Crippen LogP contribution in [-0.4, -0.2) is 10.0 Å². The predicted octanol–water partition coefficient (Wildman–Crippen LogP) is 2.60. The molecular weight excluding hydrogens is 256 g/mol. The Labute approximate surface area is 116 Å². The van der Waals surface area contributed by atoms with Crippen LogP contribution in [0.2, 0.25) is 0 Å². The maximum atomic E-state index is 10.8. The minimum absolute atomic E-state index is 0.291. The second kappa shape index (κ2) is 5.52. The molecule has 0 atom stereocenters. The summed E-state index contributed by atoms with van der Waals surface area (Å²) in [6.07, 6.45) is 5.61. The molecule has 0 radical (unpaired) electrons. The first-order chi connectivity index (χ1) is 9.47. The molecule has 0 saturated carbocycles. The summed E-state index contributed by atoms with van der Waals surface area (Å²) in [6, 6.07) is 8.33. The molecule has 0 spiro atoms. The van der Waals surface area contributed by atoms with E-state index in [1.165, 1.54) is 12.1 Å². The maximum absolute atomic E-state index is 10.8. The fourth-order valence-corrected chi connectivity index (χ4v) is 1.84. The third-order valence-corrected chi connectivity index (χ3v) is 2.99. The van der Waals surface area contributed by atoms with E-state index in [1.807, 2.05) is 42.9 Å². The number of rotatable bonds is 3. The van der Waals surface area contributed by atoms with E-state index in [1.54, 1.807) is 12.1 Å². The summed E-state index contributed by atoms with van der Waals surface area (Å²) in [7, 11) is 1.93. The zero-order chi connectivity index (χ0) is 14.7. The Kier molecular flexibility index (Phi) is 3.79. The van der Waals surface area contributed by atoms with E-state index in [-0.39, 0.29) is 11.4 Å². The normalized spacial score (nSPS) is 10.9.